The highest BCUT2D eigenvalue weighted by atomic mass is 32.2. The van der Waals surface area contributed by atoms with E-state index < -0.39 is 75.2 Å². The average Bonchev–Trinajstić information content (AvgIpc) is 2.64. The molecule has 0 aromatic rings. The quantitative estimate of drug-likeness (QED) is 0.189. The molecule has 0 saturated heterocycles. The van der Waals surface area contributed by atoms with E-state index in [-0.39, 0.29) is 0 Å². The summed E-state index contributed by atoms with van der Waals surface area (Å²) in [5.41, 5.74) is 0. The van der Waals surface area contributed by atoms with Crippen molar-refractivity contribution in [1.82, 2.24) is 0 Å². The number of halogens is 21. The summed E-state index contributed by atoms with van der Waals surface area (Å²) in [4.78, 5) is 0. The molecule has 0 rings (SSSR count). The fraction of sp³-hybridized carbons (Fsp3) is 0.833. The Balaban J connectivity index is 7.13. The minimum atomic E-state index is -9.32. The minimum absolute atomic E-state index is 0.959. The van der Waals surface area contributed by atoms with Crippen molar-refractivity contribution in [3.63, 3.8) is 0 Å². The Morgan fingerprint density at radius 1 is 0.432 bits per heavy atom. The van der Waals surface area contributed by atoms with Crippen LogP contribution < -0.4 is 0 Å². The van der Waals surface area contributed by atoms with Crippen molar-refractivity contribution in [2.24, 2.45) is 0 Å². The first-order valence-electron chi connectivity index (χ1n) is 7.57. The maximum Gasteiger partial charge on any atom is 0.460 e. The fourth-order valence-corrected chi connectivity index (χ4v) is 2.24. The maximum absolute atomic E-state index is 13.5. The van der Waals surface area contributed by atoms with E-state index in [1.165, 1.54) is 0 Å². The molecule has 3 nitrogen and oxygen atoms in total. The van der Waals surface area contributed by atoms with Crippen LogP contribution in [0.1, 0.15) is 0 Å². The third kappa shape index (κ3) is 4.55. The Bertz CT molecular complexity index is 975. The smallest absolute Gasteiger partial charge is 0.194 e. The zero-order valence-corrected chi connectivity index (χ0v) is 16.7. The number of hydrogen-bond acceptors (Lipinski definition) is 3. The highest BCUT2D eigenvalue weighted by molar-refractivity contribution is 7.89. The molecule has 0 heterocycles. The van der Waals surface area contributed by atoms with Gasteiger partial charge in [0, 0.05) is 0 Å². The Morgan fingerprint density at radius 2 is 0.649 bits per heavy atom. The van der Waals surface area contributed by atoms with Crippen LogP contribution in [0.25, 0.3) is 0 Å². The first-order valence-corrected chi connectivity index (χ1v) is 9.04. The van der Waals surface area contributed by atoms with Gasteiger partial charge in [-0.2, -0.15) is 105 Å². The first-order chi connectivity index (χ1) is 15.5. The summed E-state index contributed by atoms with van der Waals surface area (Å²) in [6.45, 7) is 2.03. The number of alkyl halides is 21. The van der Waals surface area contributed by atoms with Crippen molar-refractivity contribution in [3.8, 4) is 0 Å². The van der Waals surface area contributed by atoms with E-state index in [9.17, 15) is 101 Å². The Hall–Kier alpha value is -1.82. The molecule has 37 heavy (non-hydrogen) atoms. The van der Waals surface area contributed by atoms with E-state index in [1.807, 2.05) is 10.8 Å². The molecule has 25 heteroatoms. The lowest BCUT2D eigenvalue weighted by Gasteiger charge is -2.44. The van der Waals surface area contributed by atoms with Crippen LogP contribution in [0.15, 0.2) is 12.0 Å². The van der Waals surface area contributed by atoms with Gasteiger partial charge in [-0.1, -0.05) is 6.58 Å². The van der Waals surface area contributed by atoms with Crippen LogP contribution in [0.2, 0.25) is 0 Å². The van der Waals surface area contributed by atoms with Crippen LogP contribution in [0.4, 0.5) is 92.2 Å². The Labute approximate surface area is 187 Å². The molecular formula is C12H3F21O3S. The van der Waals surface area contributed by atoms with Crippen LogP contribution >= 0.6 is 0 Å². The Morgan fingerprint density at radius 3 is 0.865 bits per heavy atom. The summed E-state index contributed by atoms with van der Waals surface area (Å²) in [6, 6.07) is 0. The van der Waals surface area contributed by atoms with Gasteiger partial charge in [0.1, 0.15) is 0 Å². The second kappa shape index (κ2) is 8.59. The normalized spacial score (nSPS) is 16.7. The number of hydrogen-bond donors (Lipinski definition) is 0. The van der Waals surface area contributed by atoms with Crippen molar-refractivity contribution >= 4 is 10.1 Å². The van der Waals surface area contributed by atoms with Gasteiger partial charge in [0.05, 0.1) is 5.41 Å². The van der Waals surface area contributed by atoms with Crippen LogP contribution in [0.5, 0.6) is 0 Å². The van der Waals surface area contributed by atoms with Gasteiger partial charge in [0.2, 0.25) is 0 Å². The summed E-state index contributed by atoms with van der Waals surface area (Å²) in [6.07, 6.45) is -15.8. The van der Waals surface area contributed by atoms with Crippen molar-refractivity contribution in [1.29, 1.82) is 0 Å². The third-order valence-electron chi connectivity index (χ3n) is 3.91. The predicted molar refractivity (Wildman–Crippen MR) is 70.8 cm³/mol. The summed E-state index contributed by atoms with van der Waals surface area (Å²) in [7, 11) is -6.39. The molecule has 0 amide bonds. The van der Waals surface area contributed by atoms with E-state index in [1.54, 1.807) is 0 Å². The predicted octanol–water partition coefficient (Wildman–Crippen LogP) is 6.71. The summed E-state index contributed by atoms with van der Waals surface area (Å²) in [5.74, 6) is -72.0. The highest BCUT2D eigenvalue weighted by Crippen LogP contribution is 2.66. The van der Waals surface area contributed by atoms with Gasteiger partial charge >= 0.3 is 59.7 Å². The lowest BCUT2D eigenvalue weighted by Crippen LogP contribution is -2.77. The summed E-state index contributed by atoms with van der Waals surface area (Å²) < 4.78 is 297. The van der Waals surface area contributed by atoms with Crippen LogP contribution in [0.3, 0.4) is 0 Å². The summed E-state index contributed by atoms with van der Waals surface area (Å²) in [5, 5.41) is -0.959. The molecule has 0 aliphatic heterocycles. The van der Waals surface area contributed by atoms with E-state index >= 15 is 0 Å². The Kier molecular flexibility index (Phi) is 8.17. The molecule has 0 aromatic heterocycles. The van der Waals surface area contributed by atoms with Gasteiger partial charge in [0.15, 0.2) is 0 Å². The second-order valence-corrected chi connectivity index (χ2v) is 7.84. The summed E-state index contributed by atoms with van der Waals surface area (Å²) >= 11 is 0. The van der Waals surface area contributed by atoms with E-state index in [4.69, 9.17) is 0 Å². The van der Waals surface area contributed by atoms with E-state index in [0.717, 1.165) is 0 Å². The first kappa shape index (κ1) is 35.2. The lowest BCUT2D eigenvalue weighted by atomic mass is 9.87. The molecule has 0 saturated carbocycles. The van der Waals surface area contributed by atoms with E-state index in [0.29, 0.717) is 0 Å². The fourth-order valence-electron chi connectivity index (χ4n) is 1.78. The monoisotopic (exact) mass is 626 g/mol. The standard InChI is InChI=1S/C12H3F21O3S/c1-2-37(34,35)36-12(32,33)10(27,28)8(23,24)6(19,20)4(15,16)3(13,14)5(17,18)7(21,22)9(25,26)11(29,30)31/h2H,1H2. The third-order valence-corrected chi connectivity index (χ3v) is 4.76. The van der Waals surface area contributed by atoms with Gasteiger partial charge < -0.3 is 0 Å². The number of rotatable bonds is 11. The van der Waals surface area contributed by atoms with Crippen LogP contribution in [-0.2, 0) is 14.3 Å². The van der Waals surface area contributed by atoms with Gasteiger partial charge in [-0.3, -0.25) is 0 Å². The lowest BCUT2D eigenvalue weighted by molar-refractivity contribution is -0.480. The topological polar surface area (TPSA) is 43.4 Å². The van der Waals surface area contributed by atoms with Crippen molar-refractivity contribution < 1.29 is 105 Å². The molecule has 0 spiro atoms. The molecule has 0 atom stereocenters. The van der Waals surface area contributed by atoms with Gasteiger partial charge in [-0.05, 0) is 0 Å². The zero-order chi connectivity index (χ0) is 30.9. The molecular weight excluding hydrogens is 623 g/mol. The zero-order valence-electron chi connectivity index (χ0n) is 15.9. The molecule has 0 radical (unpaired) electrons. The largest absolute Gasteiger partial charge is 0.460 e. The van der Waals surface area contributed by atoms with Gasteiger partial charge in [-0.25, -0.2) is 0 Å². The second-order valence-electron chi connectivity index (χ2n) is 6.35. The van der Waals surface area contributed by atoms with Crippen molar-refractivity contribution in [2.45, 2.75) is 59.7 Å². The molecule has 0 fully saturated rings. The average molecular weight is 626 g/mol. The molecule has 0 N–H and O–H groups in total. The molecule has 0 bridgehead atoms. The minimum Gasteiger partial charge on any atom is -0.194 e. The van der Waals surface area contributed by atoms with Crippen molar-refractivity contribution in [2.75, 3.05) is 0 Å². The molecule has 222 valence electrons. The maximum atomic E-state index is 13.5. The molecule has 0 unspecified atom stereocenters. The van der Waals surface area contributed by atoms with Crippen molar-refractivity contribution in [3.05, 3.63) is 12.0 Å². The molecule has 0 aromatic carbocycles. The van der Waals surface area contributed by atoms with Gasteiger partial charge in [-0.15, -0.1) is 0 Å². The van der Waals surface area contributed by atoms with Crippen LogP contribution in [-0.4, -0.2) is 68.1 Å². The van der Waals surface area contributed by atoms with Gasteiger partial charge in [0.25, 0.3) is 10.1 Å². The van der Waals surface area contributed by atoms with E-state index in [2.05, 4.69) is 0 Å². The van der Waals surface area contributed by atoms with Crippen LogP contribution in [0, 0.1) is 0 Å². The highest BCUT2D eigenvalue weighted by Gasteiger charge is 2.98. The molecule has 0 aliphatic carbocycles. The molecule has 0 aliphatic rings. The SMILES string of the molecule is C=CS(=O)(=O)OC(F)(F)C(F)(F)C(F)(F)C(F)(F)C(F)(F)C(F)(F)C(F)(F)C(F)(F)C(F)(F)C(F)(F)F.